The molecule has 0 radical (unpaired) electrons. The average molecular weight is 292 g/mol. The van der Waals surface area contributed by atoms with Crippen molar-refractivity contribution in [1.82, 2.24) is 9.78 Å². The van der Waals surface area contributed by atoms with E-state index < -0.39 is 5.60 Å². The SMILES string of the molecule is CCC(CC)n1ccc(CC2(O)CCCC(C(C)C)C2)n1. The van der Waals surface area contributed by atoms with Crippen molar-refractivity contribution in [3.05, 3.63) is 18.0 Å². The molecule has 1 aliphatic carbocycles. The van der Waals surface area contributed by atoms with Crippen LogP contribution in [0.4, 0.5) is 0 Å². The number of nitrogens with zero attached hydrogens (tertiary/aromatic N) is 2. The van der Waals surface area contributed by atoms with Gasteiger partial charge in [0.25, 0.3) is 0 Å². The number of hydrogen-bond acceptors (Lipinski definition) is 2. The monoisotopic (exact) mass is 292 g/mol. The minimum absolute atomic E-state index is 0.489. The first-order valence-electron chi connectivity index (χ1n) is 8.74. The fourth-order valence-corrected chi connectivity index (χ4v) is 3.79. The van der Waals surface area contributed by atoms with Gasteiger partial charge in [-0.25, -0.2) is 0 Å². The van der Waals surface area contributed by atoms with Gasteiger partial charge in [0, 0.05) is 12.6 Å². The molecule has 120 valence electrons. The summed E-state index contributed by atoms with van der Waals surface area (Å²) < 4.78 is 2.08. The Balaban J connectivity index is 2.03. The molecule has 1 heterocycles. The Morgan fingerprint density at radius 1 is 1.38 bits per heavy atom. The normalized spacial score (nSPS) is 26.7. The predicted molar refractivity (Wildman–Crippen MR) is 87.3 cm³/mol. The van der Waals surface area contributed by atoms with E-state index in [1.807, 2.05) is 0 Å². The summed E-state index contributed by atoms with van der Waals surface area (Å²) >= 11 is 0. The topological polar surface area (TPSA) is 38.0 Å². The van der Waals surface area contributed by atoms with Crippen molar-refractivity contribution in [3.8, 4) is 0 Å². The van der Waals surface area contributed by atoms with E-state index in [0.717, 1.165) is 37.8 Å². The third-order valence-electron chi connectivity index (χ3n) is 5.29. The quantitative estimate of drug-likeness (QED) is 0.845. The second kappa shape index (κ2) is 6.95. The Labute approximate surface area is 129 Å². The molecule has 3 nitrogen and oxygen atoms in total. The summed E-state index contributed by atoms with van der Waals surface area (Å²) in [5.74, 6) is 1.32. The van der Waals surface area contributed by atoms with Crippen LogP contribution in [-0.2, 0) is 6.42 Å². The highest BCUT2D eigenvalue weighted by atomic mass is 16.3. The van der Waals surface area contributed by atoms with E-state index in [-0.39, 0.29) is 0 Å². The van der Waals surface area contributed by atoms with Crippen molar-refractivity contribution < 1.29 is 5.11 Å². The smallest absolute Gasteiger partial charge is 0.0706 e. The third kappa shape index (κ3) is 4.09. The summed E-state index contributed by atoms with van der Waals surface area (Å²) in [7, 11) is 0. The molecular formula is C18H32N2O. The highest BCUT2D eigenvalue weighted by Crippen LogP contribution is 2.38. The molecule has 1 fully saturated rings. The van der Waals surface area contributed by atoms with E-state index in [4.69, 9.17) is 5.10 Å². The summed E-state index contributed by atoms with van der Waals surface area (Å²) in [6.07, 6.45) is 9.28. The maximum Gasteiger partial charge on any atom is 0.0706 e. The van der Waals surface area contributed by atoms with Crippen molar-refractivity contribution in [2.75, 3.05) is 0 Å². The van der Waals surface area contributed by atoms with Crippen LogP contribution in [0.15, 0.2) is 12.3 Å². The maximum atomic E-state index is 11.0. The van der Waals surface area contributed by atoms with Gasteiger partial charge in [0.2, 0.25) is 0 Å². The van der Waals surface area contributed by atoms with Gasteiger partial charge in [-0.15, -0.1) is 0 Å². The van der Waals surface area contributed by atoms with Gasteiger partial charge in [-0.05, 0) is 50.0 Å². The Kier molecular flexibility index (Phi) is 5.48. The fraction of sp³-hybridized carbons (Fsp3) is 0.833. The van der Waals surface area contributed by atoms with Gasteiger partial charge in [-0.2, -0.15) is 5.10 Å². The highest BCUT2D eigenvalue weighted by Gasteiger charge is 2.36. The molecule has 2 atom stereocenters. The first kappa shape index (κ1) is 16.5. The molecule has 1 aliphatic rings. The largest absolute Gasteiger partial charge is 0.389 e. The second-order valence-corrected chi connectivity index (χ2v) is 7.26. The lowest BCUT2D eigenvalue weighted by Gasteiger charge is -2.38. The van der Waals surface area contributed by atoms with Crippen molar-refractivity contribution >= 4 is 0 Å². The molecule has 1 aromatic rings. The molecule has 0 aromatic carbocycles. The molecule has 1 aromatic heterocycles. The minimum Gasteiger partial charge on any atom is -0.389 e. The van der Waals surface area contributed by atoms with Crippen molar-refractivity contribution in [2.24, 2.45) is 11.8 Å². The molecule has 0 bridgehead atoms. The molecule has 2 rings (SSSR count). The standard InChI is InChI=1S/C18H32N2O/c1-5-17(6-2)20-11-9-16(19-20)13-18(21)10-7-8-15(12-18)14(3)4/h9,11,14-15,17,21H,5-8,10,12-13H2,1-4H3. The number of aliphatic hydroxyl groups is 1. The van der Waals surface area contributed by atoms with Crippen LogP contribution in [0.5, 0.6) is 0 Å². The number of rotatable bonds is 6. The minimum atomic E-state index is -0.541. The maximum absolute atomic E-state index is 11.0. The molecule has 0 spiro atoms. The third-order valence-corrected chi connectivity index (χ3v) is 5.29. The van der Waals surface area contributed by atoms with E-state index in [9.17, 15) is 5.11 Å². The zero-order valence-corrected chi connectivity index (χ0v) is 14.2. The van der Waals surface area contributed by atoms with Crippen molar-refractivity contribution in [3.63, 3.8) is 0 Å². The van der Waals surface area contributed by atoms with E-state index >= 15 is 0 Å². The Hall–Kier alpha value is -0.830. The second-order valence-electron chi connectivity index (χ2n) is 7.26. The van der Waals surface area contributed by atoms with E-state index in [0.29, 0.717) is 24.3 Å². The fourth-order valence-electron chi connectivity index (χ4n) is 3.79. The predicted octanol–water partition coefficient (Wildman–Crippen LogP) is 4.36. The van der Waals surface area contributed by atoms with Gasteiger partial charge in [-0.1, -0.05) is 34.1 Å². The van der Waals surface area contributed by atoms with Gasteiger partial charge in [0.05, 0.1) is 17.3 Å². The lowest BCUT2D eigenvalue weighted by molar-refractivity contribution is -0.0247. The zero-order valence-electron chi connectivity index (χ0n) is 14.2. The van der Waals surface area contributed by atoms with Crippen molar-refractivity contribution in [1.29, 1.82) is 0 Å². The van der Waals surface area contributed by atoms with Gasteiger partial charge >= 0.3 is 0 Å². The van der Waals surface area contributed by atoms with Crippen LogP contribution in [0, 0.1) is 11.8 Å². The van der Waals surface area contributed by atoms with E-state index in [2.05, 4.69) is 44.6 Å². The van der Waals surface area contributed by atoms with Gasteiger partial charge in [0.15, 0.2) is 0 Å². The van der Waals surface area contributed by atoms with Crippen LogP contribution >= 0.6 is 0 Å². The van der Waals surface area contributed by atoms with Crippen LogP contribution in [0.1, 0.15) is 78.0 Å². The Bertz CT molecular complexity index is 436. The van der Waals surface area contributed by atoms with Gasteiger partial charge in [-0.3, -0.25) is 4.68 Å². The molecule has 1 N–H and O–H groups in total. The molecule has 3 heteroatoms. The van der Waals surface area contributed by atoms with Crippen LogP contribution in [-0.4, -0.2) is 20.5 Å². The van der Waals surface area contributed by atoms with Gasteiger partial charge < -0.3 is 5.11 Å². The number of aromatic nitrogens is 2. The summed E-state index contributed by atoms with van der Waals surface area (Å²) in [6.45, 7) is 8.96. The molecule has 1 saturated carbocycles. The molecule has 0 aliphatic heterocycles. The van der Waals surface area contributed by atoms with E-state index in [1.54, 1.807) is 0 Å². The summed E-state index contributed by atoms with van der Waals surface area (Å²) in [4.78, 5) is 0. The molecule has 2 unspecified atom stereocenters. The Morgan fingerprint density at radius 2 is 2.10 bits per heavy atom. The summed E-state index contributed by atoms with van der Waals surface area (Å²) in [5.41, 5.74) is 0.508. The number of hydrogen-bond donors (Lipinski definition) is 1. The van der Waals surface area contributed by atoms with Crippen LogP contribution in [0.2, 0.25) is 0 Å². The summed E-state index contributed by atoms with van der Waals surface area (Å²) in [5, 5.41) is 15.7. The van der Waals surface area contributed by atoms with Gasteiger partial charge in [0.1, 0.15) is 0 Å². The van der Waals surface area contributed by atoms with Crippen LogP contribution in [0.3, 0.4) is 0 Å². The Morgan fingerprint density at radius 3 is 2.71 bits per heavy atom. The highest BCUT2D eigenvalue weighted by molar-refractivity contribution is 5.06. The first-order valence-corrected chi connectivity index (χ1v) is 8.74. The molecule has 0 saturated heterocycles. The van der Waals surface area contributed by atoms with Crippen LogP contribution in [0.25, 0.3) is 0 Å². The van der Waals surface area contributed by atoms with Crippen LogP contribution < -0.4 is 0 Å². The molecule has 0 amide bonds. The van der Waals surface area contributed by atoms with E-state index in [1.165, 1.54) is 6.42 Å². The average Bonchev–Trinajstić information content (AvgIpc) is 2.87. The van der Waals surface area contributed by atoms with Crippen molar-refractivity contribution in [2.45, 2.75) is 84.3 Å². The molecular weight excluding hydrogens is 260 g/mol. The summed E-state index contributed by atoms with van der Waals surface area (Å²) in [6, 6.07) is 2.58. The first-order chi connectivity index (χ1) is 9.97. The molecule has 21 heavy (non-hydrogen) atoms. The lowest BCUT2D eigenvalue weighted by atomic mass is 9.72. The lowest BCUT2D eigenvalue weighted by Crippen LogP contribution is -2.39. The zero-order chi connectivity index (χ0) is 15.5.